The third-order valence-electron chi connectivity index (χ3n) is 2.72. The third kappa shape index (κ3) is 4.88. The predicted octanol–water partition coefficient (Wildman–Crippen LogP) is 0.723. The Morgan fingerprint density at radius 2 is 2.09 bits per heavy atom. The summed E-state index contributed by atoms with van der Waals surface area (Å²) in [5, 5.41) is 22.6. The molecule has 1 aromatic rings. The van der Waals surface area contributed by atoms with Crippen LogP contribution in [-0.2, 0) is 4.79 Å². The lowest BCUT2D eigenvalue weighted by Gasteiger charge is -2.14. The molecule has 5 N–H and O–H groups in total. The molecule has 0 aliphatic carbocycles. The number of amides is 1. The molecule has 0 bridgehead atoms. The Morgan fingerprint density at radius 3 is 2.64 bits per heavy atom. The van der Waals surface area contributed by atoms with E-state index in [1.165, 1.54) is 0 Å². The summed E-state index contributed by atoms with van der Waals surface area (Å²) in [5.41, 5.74) is 9.71. The van der Waals surface area contributed by atoms with E-state index in [-0.39, 0.29) is 18.2 Å². The van der Waals surface area contributed by atoms with Crippen molar-refractivity contribution in [3.05, 3.63) is 23.8 Å². The smallest absolute Gasteiger partial charge is 0.238 e. The largest absolute Gasteiger partial charge is 0.382 e. The molecule has 0 spiro atoms. The molecule has 0 aromatic heterocycles. The Kier molecular flexibility index (Phi) is 6.04. The molecule has 8 heteroatoms. The van der Waals surface area contributed by atoms with Gasteiger partial charge >= 0.3 is 0 Å². The van der Waals surface area contributed by atoms with Crippen LogP contribution in [-0.4, -0.2) is 43.0 Å². The number of likely N-dealkylation sites (N-methyl/N-ethyl adjacent to an activating group) is 1. The molecule has 22 heavy (non-hydrogen) atoms. The van der Waals surface area contributed by atoms with Crippen LogP contribution in [0.3, 0.4) is 0 Å². The zero-order chi connectivity index (χ0) is 16.7. The molecule has 1 amide bonds. The SMILES string of the molecule is Cc1c(N/N=C(\C#N)C(=N)N)cccc1NC(=O)CN(C)C. The molecule has 0 aliphatic heterocycles. The standard InChI is InChI=1S/C14H19N7O/c1-9-10(18-13(22)8-21(2)3)5-4-6-11(9)19-20-12(7-15)14(16)17/h4-6,19H,8H2,1-3H3,(H3,16,17)(H,18,22)/b20-12+. The molecule has 0 unspecified atom stereocenters. The number of hydrogen-bond donors (Lipinski definition) is 4. The van der Waals surface area contributed by atoms with Crippen molar-refractivity contribution in [2.75, 3.05) is 31.4 Å². The van der Waals surface area contributed by atoms with Crippen molar-refractivity contribution >= 4 is 28.8 Å². The minimum atomic E-state index is -0.414. The van der Waals surface area contributed by atoms with Crippen LogP contribution < -0.4 is 16.5 Å². The molecule has 0 fully saturated rings. The van der Waals surface area contributed by atoms with E-state index < -0.39 is 5.84 Å². The summed E-state index contributed by atoms with van der Waals surface area (Å²) < 4.78 is 0. The molecular formula is C14H19N7O. The van der Waals surface area contributed by atoms with Gasteiger partial charge in [-0.3, -0.25) is 15.6 Å². The average molecular weight is 301 g/mol. The number of carbonyl (C=O) groups is 1. The minimum absolute atomic E-state index is 0.129. The van der Waals surface area contributed by atoms with Gasteiger partial charge in [0, 0.05) is 5.69 Å². The normalized spacial score (nSPS) is 11.0. The van der Waals surface area contributed by atoms with Gasteiger partial charge in [-0.05, 0) is 38.7 Å². The number of rotatable bonds is 6. The fourth-order valence-corrected chi connectivity index (χ4v) is 1.63. The highest BCUT2D eigenvalue weighted by Gasteiger charge is 2.09. The maximum Gasteiger partial charge on any atom is 0.238 e. The van der Waals surface area contributed by atoms with Gasteiger partial charge in [0.1, 0.15) is 6.07 Å². The van der Waals surface area contributed by atoms with Crippen molar-refractivity contribution in [3.8, 4) is 6.07 Å². The van der Waals surface area contributed by atoms with Crippen LogP contribution in [0.25, 0.3) is 0 Å². The zero-order valence-corrected chi connectivity index (χ0v) is 12.8. The van der Waals surface area contributed by atoms with E-state index in [2.05, 4.69) is 15.8 Å². The summed E-state index contributed by atoms with van der Waals surface area (Å²) in [6.45, 7) is 2.08. The van der Waals surface area contributed by atoms with Gasteiger partial charge in [0.05, 0.1) is 12.2 Å². The van der Waals surface area contributed by atoms with Gasteiger partial charge in [-0.25, -0.2) is 0 Å². The first-order valence-corrected chi connectivity index (χ1v) is 6.47. The lowest BCUT2D eigenvalue weighted by molar-refractivity contribution is -0.116. The number of hydrogen-bond acceptors (Lipinski definition) is 6. The Morgan fingerprint density at radius 1 is 1.45 bits per heavy atom. The fourth-order valence-electron chi connectivity index (χ4n) is 1.63. The molecule has 0 aliphatic rings. The van der Waals surface area contributed by atoms with Gasteiger partial charge in [0.2, 0.25) is 11.6 Å². The van der Waals surface area contributed by atoms with E-state index >= 15 is 0 Å². The van der Waals surface area contributed by atoms with Crippen LogP contribution in [0.5, 0.6) is 0 Å². The molecule has 1 aromatic carbocycles. The van der Waals surface area contributed by atoms with Gasteiger partial charge in [0.15, 0.2) is 5.84 Å². The van der Waals surface area contributed by atoms with Gasteiger partial charge in [-0.1, -0.05) is 6.07 Å². The number of nitrogens with one attached hydrogen (secondary N) is 3. The van der Waals surface area contributed by atoms with Crippen molar-refractivity contribution in [3.63, 3.8) is 0 Å². The quantitative estimate of drug-likeness (QED) is 0.349. The van der Waals surface area contributed by atoms with Crippen molar-refractivity contribution in [2.45, 2.75) is 6.92 Å². The summed E-state index contributed by atoms with van der Waals surface area (Å²) in [5.74, 6) is -0.543. The molecule has 1 rings (SSSR count). The highest BCUT2D eigenvalue weighted by molar-refractivity contribution is 6.45. The maximum atomic E-state index is 11.8. The lowest BCUT2D eigenvalue weighted by Crippen LogP contribution is -2.27. The second-order valence-corrected chi connectivity index (χ2v) is 4.86. The fraction of sp³-hybridized carbons (Fsp3) is 0.286. The number of nitrogens with two attached hydrogens (primary N) is 1. The Labute approximate surface area is 129 Å². The Bertz CT molecular complexity index is 643. The second kappa shape index (κ2) is 7.75. The molecule has 116 valence electrons. The minimum Gasteiger partial charge on any atom is -0.382 e. The van der Waals surface area contributed by atoms with Crippen LogP contribution in [0.1, 0.15) is 5.56 Å². The van der Waals surface area contributed by atoms with E-state index in [0.717, 1.165) is 5.56 Å². The van der Waals surface area contributed by atoms with Crippen molar-refractivity contribution in [1.29, 1.82) is 10.7 Å². The summed E-state index contributed by atoms with van der Waals surface area (Å²) in [6, 6.07) is 6.99. The van der Waals surface area contributed by atoms with Crippen LogP contribution in [0, 0.1) is 23.7 Å². The van der Waals surface area contributed by atoms with Gasteiger partial charge in [-0.2, -0.15) is 10.4 Å². The van der Waals surface area contributed by atoms with Gasteiger partial charge in [0.25, 0.3) is 0 Å². The molecule has 0 radical (unpaired) electrons. The molecule has 0 saturated heterocycles. The van der Waals surface area contributed by atoms with Gasteiger partial charge < -0.3 is 16.0 Å². The number of nitriles is 1. The maximum absolute atomic E-state index is 11.8. The molecule has 0 saturated carbocycles. The monoisotopic (exact) mass is 301 g/mol. The van der Waals surface area contributed by atoms with Gasteiger partial charge in [-0.15, -0.1) is 0 Å². The lowest BCUT2D eigenvalue weighted by atomic mass is 10.1. The van der Waals surface area contributed by atoms with Crippen LogP contribution in [0.4, 0.5) is 11.4 Å². The highest BCUT2D eigenvalue weighted by atomic mass is 16.2. The van der Waals surface area contributed by atoms with E-state index in [1.807, 2.05) is 21.0 Å². The number of hydrazone groups is 1. The van der Waals surface area contributed by atoms with Crippen molar-refractivity contribution < 1.29 is 4.79 Å². The second-order valence-electron chi connectivity index (χ2n) is 4.86. The topological polar surface area (TPSA) is 130 Å². The van der Waals surface area contributed by atoms with E-state index in [0.29, 0.717) is 11.4 Å². The number of benzene rings is 1. The van der Waals surface area contributed by atoms with E-state index in [4.69, 9.17) is 16.4 Å². The van der Waals surface area contributed by atoms with Crippen LogP contribution >= 0.6 is 0 Å². The summed E-state index contributed by atoms with van der Waals surface area (Å²) in [7, 11) is 3.62. The molecule has 0 heterocycles. The number of carbonyl (C=O) groups excluding carboxylic acids is 1. The van der Waals surface area contributed by atoms with Crippen LogP contribution in [0.2, 0.25) is 0 Å². The molecule has 8 nitrogen and oxygen atoms in total. The molecule has 0 atom stereocenters. The van der Waals surface area contributed by atoms with Crippen LogP contribution in [0.15, 0.2) is 23.3 Å². The van der Waals surface area contributed by atoms with E-state index in [9.17, 15) is 4.79 Å². The summed E-state index contributed by atoms with van der Waals surface area (Å²) >= 11 is 0. The molecular weight excluding hydrogens is 282 g/mol. The third-order valence-corrected chi connectivity index (χ3v) is 2.72. The summed E-state index contributed by atoms with van der Waals surface area (Å²) in [6.07, 6.45) is 0. The van der Waals surface area contributed by atoms with E-state index in [1.54, 1.807) is 29.2 Å². The Hall–Kier alpha value is -2.92. The first-order chi connectivity index (χ1) is 10.3. The number of nitrogens with zero attached hydrogens (tertiary/aromatic N) is 3. The number of amidine groups is 1. The summed E-state index contributed by atoms with van der Waals surface area (Å²) in [4.78, 5) is 13.6. The number of anilines is 2. The highest BCUT2D eigenvalue weighted by Crippen LogP contribution is 2.23. The Balaban J connectivity index is 2.92. The average Bonchev–Trinajstić information content (AvgIpc) is 2.42. The first-order valence-electron chi connectivity index (χ1n) is 6.47. The zero-order valence-electron chi connectivity index (χ0n) is 12.8. The van der Waals surface area contributed by atoms with Crippen molar-refractivity contribution in [1.82, 2.24) is 4.90 Å². The first kappa shape index (κ1) is 17.1. The predicted molar refractivity (Wildman–Crippen MR) is 86.9 cm³/mol. The van der Waals surface area contributed by atoms with Crippen molar-refractivity contribution in [2.24, 2.45) is 10.8 Å².